The Morgan fingerprint density at radius 2 is 1.73 bits per heavy atom. The highest BCUT2D eigenvalue weighted by Gasteiger charge is 2.25. The number of carbonyl (C=O) groups excluding carboxylic acids is 1. The molecule has 2 aromatic rings. The van der Waals surface area contributed by atoms with Gasteiger partial charge in [0.1, 0.15) is 15.6 Å². The van der Waals surface area contributed by atoms with Crippen molar-refractivity contribution in [2.75, 3.05) is 18.4 Å². The first-order valence-corrected chi connectivity index (χ1v) is 12.9. The molecule has 2 N–H and O–H groups in total. The normalized spacial score (nSPS) is 15.0. The van der Waals surface area contributed by atoms with Crippen LogP contribution in [0.15, 0.2) is 50.5 Å². The molecule has 2 heterocycles. The Morgan fingerprint density at radius 1 is 1.00 bits per heavy atom. The molecule has 0 saturated heterocycles. The molecule has 30 heavy (non-hydrogen) atoms. The maximum Gasteiger partial charge on any atom is 0.349 e. The molecule has 0 saturated carbocycles. The van der Waals surface area contributed by atoms with E-state index in [2.05, 4.69) is 19.2 Å². The average Bonchev–Trinajstić information content (AvgIpc) is 3.08. The van der Waals surface area contributed by atoms with Crippen LogP contribution in [0.3, 0.4) is 0 Å². The molecule has 1 aromatic heterocycles. The molecule has 162 valence electrons. The van der Waals surface area contributed by atoms with Crippen LogP contribution in [0, 0.1) is 0 Å². The molecule has 0 bridgehead atoms. The molecular formula is C18H21N3O6S3. The Morgan fingerprint density at radius 3 is 2.43 bits per heavy atom. The number of carbonyl (C=O) groups is 1. The molecule has 0 fully saturated rings. The second kappa shape index (κ2) is 9.14. The molecule has 1 aliphatic rings. The summed E-state index contributed by atoms with van der Waals surface area (Å²) in [7, 11) is -6.71. The first-order valence-electron chi connectivity index (χ1n) is 9.08. The van der Waals surface area contributed by atoms with Crippen LogP contribution in [0.25, 0.3) is 0 Å². The van der Waals surface area contributed by atoms with Gasteiger partial charge in [-0.15, -0.1) is 11.3 Å². The second-order valence-corrected chi connectivity index (χ2v) is 10.7. The number of amidine groups is 1. The quantitative estimate of drug-likeness (QED) is 0.623. The molecular weight excluding hydrogens is 450 g/mol. The van der Waals surface area contributed by atoms with E-state index >= 15 is 0 Å². The van der Waals surface area contributed by atoms with E-state index in [-0.39, 0.29) is 20.4 Å². The zero-order chi connectivity index (χ0) is 21.8. The molecule has 0 unspecified atom stereocenters. The van der Waals surface area contributed by atoms with Crippen LogP contribution >= 0.6 is 11.3 Å². The maximum absolute atomic E-state index is 12.6. The highest BCUT2D eigenvalue weighted by molar-refractivity contribution is 7.93. The summed E-state index contributed by atoms with van der Waals surface area (Å²) >= 11 is 0.951. The van der Waals surface area contributed by atoms with Crippen molar-refractivity contribution >= 4 is 48.9 Å². The SMILES string of the molecule is COC(=O)c1sccc1S(=O)(=O)Nc1ccc(S(=O)(=O)NC2=NCCCCC2)cc1. The summed E-state index contributed by atoms with van der Waals surface area (Å²) < 4.78 is 59.8. The first kappa shape index (κ1) is 22.2. The van der Waals surface area contributed by atoms with E-state index in [1.807, 2.05) is 0 Å². The molecule has 0 atom stereocenters. The summed E-state index contributed by atoms with van der Waals surface area (Å²) in [6.45, 7) is 0.592. The minimum Gasteiger partial charge on any atom is -0.465 e. The maximum atomic E-state index is 12.6. The number of aliphatic imine (C=N–C) groups is 1. The van der Waals surface area contributed by atoms with Crippen molar-refractivity contribution in [1.29, 1.82) is 0 Å². The second-order valence-electron chi connectivity index (χ2n) is 6.48. The van der Waals surface area contributed by atoms with Crippen molar-refractivity contribution < 1.29 is 26.4 Å². The van der Waals surface area contributed by atoms with E-state index in [1.165, 1.54) is 42.8 Å². The summed E-state index contributed by atoms with van der Waals surface area (Å²) in [5, 5.41) is 1.47. The molecule has 1 aliphatic heterocycles. The standard InChI is InChI=1S/C18H21N3O6S3/c1-27-18(22)17-15(10-12-28-17)30(25,26)20-13-6-8-14(9-7-13)29(23,24)21-16-5-3-2-4-11-19-16/h6-10,12,20H,2-5,11H2,1H3,(H,19,21). The van der Waals surface area contributed by atoms with Gasteiger partial charge in [-0.2, -0.15) is 0 Å². The van der Waals surface area contributed by atoms with Gasteiger partial charge < -0.3 is 4.74 Å². The van der Waals surface area contributed by atoms with Gasteiger partial charge in [0.15, 0.2) is 0 Å². The number of benzene rings is 1. The Kier molecular flexibility index (Phi) is 6.78. The lowest BCUT2D eigenvalue weighted by atomic mass is 10.2. The zero-order valence-electron chi connectivity index (χ0n) is 16.1. The van der Waals surface area contributed by atoms with Crippen molar-refractivity contribution in [2.24, 2.45) is 4.99 Å². The number of hydrogen-bond acceptors (Lipinski definition) is 8. The van der Waals surface area contributed by atoms with Crippen LogP contribution in [-0.2, 0) is 24.8 Å². The lowest BCUT2D eigenvalue weighted by molar-refractivity contribution is 0.0602. The number of sulfonamides is 2. The largest absolute Gasteiger partial charge is 0.465 e. The van der Waals surface area contributed by atoms with Gasteiger partial charge in [-0.1, -0.05) is 6.42 Å². The monoisotopic (exact) mass is 471 g/mol. The van der Waals surface area contributed by atoms with Gasteiger partial charge in [0.2, 0.25) is 0 Å². The molecule has 0 spiro atoms. The predicted molar refractivity (Wildman–Crippen MR) is 114 cm³/mol. The van der Waals surface area contributed by atoms with Gasteiger partial charge >= 0.3 is 5.97 Å². The van der Waals surface area contributed by atoms with E-state index in [0.29, 0.717) is 18.8 Å². The summed E-state index contributed by atoms with van der Waals surface area (Å²) in [5.74, 6) is -0.315. The Bertz CT molecular complexity index is 1150. The van der Waals surface area contributed by atoms with Crippen LogP contribution in [0.5, 0.6) is 0 Å². The zero-order valence-corrected chi connectivity index (χ0v) is 18.6. The number of thiophene rings is 1. The highest BCUT2D eigenvalue weighted by atomic mass is 32.2. The number of ether oxygens (including phenoxy) is 1. The van der Waals surface area contributed by atoms with Crippen molar-refractivity contribution in [3.8, 4) is 0 Å². The van der Waals surface area contributed by atoms with Crippen LogP contribution < -0.4 is 9.44 Å². The number of methoxy groups -OCH3 is 1. The van der Waals surface area contributed by atoms with Gasteiger partial charge in [0, 0.05) is 18.7 Å². The van der Waals surface area contributed by atoms with Gasteiger partial charge in [-0.3, -0.25) is 14.4 Å². The van der Waals surface area contributed by atoms with Gasteiger partial charge in [-0.25, -0.2) is 21.6 Å². The molecule has 0 aliphatic carbocycles. The van der Waals surface area contributed by atoms with Crippen molar-refractivity contribution in [3.05, 3.63) is 40.6 Å². The molecule has 1 aromatic carbocycles. The number of rotatable bonds is 6. The van der Waals surface area contributed by atoms with E-state index in [9.17, 15) is 21.6 Å². The number of nitrogens with zero attached hydrogens (tertiary/aromatic N) is 1. The van der Waals surface area contributed by atoms with E-state index in [4.69, 9.17) is 0 Å². The van der Waals surface area contributed by atoms with Crippen LogP contribution in [-0.4, -0.2) is 42.3 Å². The molecule has 12 heteroatoms. The summed E-state index contributed by atoms with van der Waals surface area (Å²) in [5.41, 5.74) is 0.155. The molecule has 0 radical (unpaired) electrons. The van der Waals surface area contributed by atoms with Crippen molar-refractivity contribution in [2.45, 2.75) is 35.5 Å². The third-order valence-corrected chi connectivity index (χ3v) is 8.18. The first-order chi connectivity index (χ1) is 14.2. The average molecular weight is 472 g/mol. The third-order valence-electron chi connectivity index (χ3n) is 4.33. The molecule has 3 rings (SSSR count). The van der Waals surface area contributed by atoms with E-state index < -0.39 is 26.0 Å². The number of nitrogens with one attached hydrogen (secondary N) is 2. The fraction of sp³-hybridized carbons (Fsp3) is 0.333. The minimum atomic E-state index is -4.06. The van der Waals surface area contributed by atoms with Crippen LogP contribution in [0.1, 0.15) is 35.4 Å². The minimum absolute atomic E-state index is 0.0109. The smallest absolute Gasteiger partial charge is 0.349 e. The third kappa shape index (κ3) is 5.18. The number of esters is 1. The fourth-order valence-corrected chi connectivity index (χ4v) is 6.32. The van der Waals surface area contributed by atoms with Crippen LogP contribution in [0.4, 0.5) is 5.69 Å². The Labute approximate surface area is 179 Å². The van der Waals surface area contributed by atoms with E-state index in [0.717, 1.165) is 30.6 Å². The summed E-state index contributed by atoms with van der Waals surface area (Å²) in [4.78, 5) is 15.7. The number of hydrogen-bond donors (Lipinski definition) is 2. The Hall–Kier alpha value is -2.44. The van der Waals surface area contributed by atoms with Gasteiger partial charge in [0.05, 0.1) is 12.0 Å². The fourth-order valence-electron chi connectivity index (χ4n) is 2.83. The molecule has 0 amide bonds. The lowest BCUT2D eigenvalue weighted by Crippen LogP contribution is -2.30. The predicted octanol–water partition coefficient (Wildman–Crippen LogP) is 2.59. The Balaban J connectivity index is 1.76. The molecule has 9 nitrogen and oxygen atoms in total. The van der Waals surface area contributed by atoms with Crippen molar-refractivity contribution in [1.82, 2.24) is 4.72 Å². The van der Waals surface area contributed by atoms with Crippen molar-refractivity contribution in [3.63, 3.8) is 0 Å². The highest BCUT2D eigenvalue weighted by Crippen LogP contribution is 2.25. The number of anilines is 1. The lowest BCUT2D eigenvalue weighted by Gasteiger charge is -2.11. The van der Waals surface area contributed by atoms with Gasteiger partial charge in [-0.05, 0) is 48.6 Å². The van der Waals surface area contributed by atoms with E-state index in [1.54, 1.807) is 0 Å². The summed E-state index contributed by atoms with van der Waals surface area (Å²) in [6, 6.07) is 6.57. The van der Waals surface area contributed by atoms with Crippen LogP contribution in [0.2, 0.25) is 0 Å². The van der Waals surface area contributed by atoms with Gasteiger partial charge in [0.25, 0.3) is 20.0 Å². The topological polar surface area (TPSA) is 131 Å². The summed E-state index contributed by atoms with van der Waals surface area (Å²) in [6.07, 6.45) is 3.38.